The second kappa shape index (κ2) is 8.31. The molecular weight excluding hydrogens is 409 g/mol. The molecule has 0 aliphatic carbocycles. The molecule has 2 heterocycles. The molecular formula is C22H16FNO3S2. The zero-order valence-electron chi connectivity index (χ0n) is 15.4. The van der Waals surface area contributed by atoms with E-state index in [0.29, 0.717) is 21.3 Å². The van der Waals surface area contributed by atoms with Gasteiger partial charge in [0.05, 0.1) is 11.4 Å². The predicted octanol–water partition coefficient (Wildman–Crippen LogP) is 6.11. The molecule has 1 aliphatic rings. The third-order valence-corrected chi connectivity index (χ3v) is 6.08. The molecule has 0 spiro atoms. The molecule has 3 aromatic rings. The van der Waals surface area contributed by atoms with E-state index in [1.54, 1.807) is 24.3 Å². The lowest BCUT2D eigenvalue weighted by Gasteiger charge is -2.12. The van der Waals surface area contributed by atoms with Crippen molar-refractivity contribution in [1.82, 2.24) is 4.90 Å². The minimum atomic E-state index is -0.381. The lowest BCUT2D eigenvalue weighted by Crippen LogP contribution is -2.27. The van der Waals surface area contributed by atoms with Gasteiger partial charge in [0, 0.05) is 11.0 Å². The Morgan fingerprint density at radius 2 is 1.76 bits per heavy atom. The van der Waals surface area contributed by atoms with Crippen LogP contribution in [0, 0.1) is 12.7 Å². The van der Waals surface area contributed by atoms with Crippen LogP contribution < -0.4 is 0 Å². The van der Waals surface area contributed by atoms with Gasteiger partial charge in [-0.25, -0.2) is 4.39 Å². The van der Waals surface area contributed by atoms with Gasteiger partial charge >= 0.3 is 0 Å². The van der Waals surface area contributed by atoms with E-state index in [0.717, 1.165) is 21.6 Å². The van der Waals surface area contributed by atoms with Gasteiger partial charge in [0.15, 0.2) is 5.09 Å². The van der Waals surface area contributed by atoms with Gasteiger partial charge in [0.1, 0.15) is 11.6 Å². The number of aryl methyl sites for hydroxylation is 1. The monoisotopic (exact) mass is 425 g/mol. The highest BCUT2D eigenvalue weighted by atomic mass is 32.2. The third kappa shape index (κ3) is 4.63. The Morgan fingerprint density at radius 3 is 2.48 bits per heavy atom. The van der Waals surface area contributed by atoms with Crippen molar-refractivity contribution in [3.63, 3.8) is 0 Å². The van der Waals surface area contributed by atoms with Crippen LogP contribution in [-0.4, -0.2) is 16.0 Å². The zero-order chi connectivity index (χ0) is 20.4. The van der Waals surface area contributed by atoms with Crippen LogP contribution in [0.1, 0.15) is 16.9 Å². The molecule has 146 valence electrons. The second-order valence-electron chi connectivity index (χ2n) is 6.47. The number of imide groups is 1. The Morgan fingerprint density at radius 1 is 1.03 bits per heavy atom. The van der Waals surface area contributed by atoms with E-state index in [1.165, 1.54) is 29.5 Å². The van der Waals surface area contributed by atoms with Crippen molar-refractivity contribution < 1.29 is 18.4 Å². The predicted molar refractivity (Wildman–Crippen MR) is 112 cm³/mol. The van der Waals surface area contributed by atoms with Crippen molar-refractivity contribution in [1.29, 1.82) is 0 Å². The minimum absolute atomic E-state index is 0.106. The lowest BCUT2D eigenvalue weighted by molar-refractivity contribution is -0.123. The first-order chi connectivity index (χ1) is 14.0. The maximum absolute atomic E-state index is 13.0. The Balaban J connectivity index is 1.46. The van der Waals surface area contributed by atoms with Crippen LogP contribution in [0.3, 0.4) is 0 Å². The van der Waals surface area contributed by atoms with Gasteiger partial charge in [0.25, 0.3) is 11.1 Å². The standard InChI is InChI=1S/C22H16FNO3S2/c1-14-2-9-18(10-3-14)28-20-11-8-17(27-20)12-19-21(25)24(22(26)29-19)13-15-4-6-16(23)7-5-15/h2-12H,13H2,1H3/b19-12-. The fourth-order valence-corrected chi connectivity index (χ4v) is 4.32. The first-order valence-electron chi connectivity index (χ1n) is 8.82. The molecule has 1 aliphatic heterocycles. The lowest BCUT2D eigenvalue weighted by atomic mass is 10.2. The van der Waals surface area contributed by atoms with Crippen molar-refractivity contribution in [3.05, 3.63) is 88.3 Å². The number of rotatable bonds is 5. The molecule has 0 saturated carbocycles. The van der Waals surface area contributed by atoms with Crippen LogP contribution in [-0.2, 0) is 11.3 Å². The number of benzene rings is 2. The van der Waals surface area contributed by atoms with E-state index in [1.807, 2.05) is 37.3 Å². The first-order valence-corrected chi connectivity index (χ1v) is 10.5. The van der Waals surface area contributed by atoms with Gasteiger partial charge in [-0.3, -0.25) is 14.5 Å². The Hall–Kier alpha value is -2.77. The summed E-state index contributed by atoms with van der Waals surface area (Å²) in [5.74, 6) is -0.236. The number of halogens is 1. The molecule has 2 aromatic carbocycles. The maximum atomic E-state index is 13.0. The summed E-state index contributed by atoms with van der Waals surface area (Å²) in [6.45, 7) is 2.14. The molecule has 1 aromatic heterocycles. The van der Waals surface area contributed by atoms with Crippen LogP contribution in [0.4, 0.5) is 9.18 Å². The van der Waals surface area contributed by atoms with E-state index >= 15 is 0 Å². The highest BCUT2D eigenvalue weighted by Crippen LogP contribution is 2.35. The van der Waals surface area contributed by atoms with Crippen LogP contribution in [0.25, 0.3) is 6.08 Å². The second-order valence-corrected chi connectivity index (χ2v) is 8.54. The molecule has 4 nitrogen and oxygen atoms in total. The van der Waals surface area contributed by atoms with Crippen LogP contribution >= 0.6 is 23.5 Å². The van der Waals surface area contributed by atoms with Gasteiger partial charge < -0.3 is 4.42 Å². The molecule has 2 amide bonds. The normalized spacial score (nSPS) is 15.5. The van der Waals surface area contributed by atoms with Crippen molar-refractivity contribution in [2.75, 3.05) is 0 Å². The molecule has 1 fully saturated rings. The van der Waals surface area contributed by atoms with Crippen molar-refractivity contribution in [2.24, 2.45) is 0 Å². The van der Waals surface area contributed by atoms with Crippen LogP contribution in [0.15, 0.2) is 80.0 Å². The summed E-state index contributed by atoms with van der Waals surface area (Å²) in [5, 5.41) is 0.344. The molecule has 1 saturated heterocycles. The molecule has 7 heteroatoms. The SMILES string of the molecule is Cc1ccc(Sc2ccc(/C=C3\SC(=O)N(Cc4ccc(F)cc4)C3=O)o2)cc1. The molecule has 0 N–H and O–H groups in total. The summed E-state index contributed by atoms with van der Waals surface area (Å²) in [7, 11) is 0. The number of furan rings is 1. The molecule has 0 unspecified atom stereocenters. The van der Waals surface area contributed by atoms with Gasteiger partial charge in [-0.1, -0.05) is 41.6 Å². The summed E-state index contributed by atoms with van der Waals surface area (Å²) in [6, 6.07) is 17.4. The number of hydrogen-bond donors (Lipinski definition) is 0. The Kier molecular flexibility index (Phi) is 5.60. The van der Waals surface area contributed by atoms with Gasteiger partial charge in [-0.05, 0) is 60.6 Å². The fourth-order valence-electron chi connectivity index (χ4n) is 2.73. The van der Waals surface area contributed by atoms with E-state index in [4.69, 9.17) is 4.42 Å². The van der Waals surface area contributed by atoms with Gasteiger partial charge in [-0.2, -0.15) is 0 Å². The maximum Gasteiger partial charge on any atom is 0.293 e. The van der Waals surface area contributed by atoms with E-state index in [9.17, 15) is 14.0 Å². The number of carbonyl (C=O) groups is 2. The fraction of sp³-hybridized carbons (Fsp3) is 0.0909. The topological polar surface area (TPSA) is 50.5 Å². The van der Waals surface area contributed by atoms with Gasteiger partial charge in [0.2, 0.25) is 0 Å². The number of hydrogen-bond acceptors (Lipinski definition) is 5. The quantitative estimate of drug-likeness (QED) is 0.461. The van der Waals surface area contributed by atoms with Crippen molar-refractivity contribution in [2.45, 2.75) is 23.5 Å². The van der Waals surface area contributed by atoms with Crippen molar-refractivity contribution >= 4 is 40.7 Å². The third-order valence-electron chi connectivity index (χ3n) is 4.24. The summed E-state index contributed by atoms with van der Waals surface area (Å²) in [6.07, 6.45) is 1.58. The zero-order valence-corrected chi connectivity index (χ0v) is 17.1. The molecule has 29 heavy (non-hydrogen) atoms. The number of amides is 2. The Labute approximate surface area is 175 Å². The van der Waals surface area contributed by atoms with Gasteiger partial charge in [-0.15, -0.1) is 0 Å². The summed E-state index contributed by atoms with van der Waals surface area (Å²) < 4.78 is 18.8. The highest BCUT2D eigenvalue weighted by Gasteiger charge is 2.35. The van der Waals surface area contributed by atoms with E-state index in [2.05, 4.69) is 0 Å². The summed E-state index contributed by atoms with van der Waals surface area (Å²) in [4.78, 5) is 27.4. The number of carbonyl (C=O) groups excluding carboxylic acids is 2. The van der Waals surface area contributed by atoms with Crippen molar-refractivity contribution in [3.8, 4) is 0 Å². The summed E-state index contributed by atoms with van der Waals surface area (Å²) >= 11 is 2.36. The number of nitrogens with zero attached hydrogens (tertiary/aromatic N) is 1. The minimum Gasteiger partial charge on any atom is -0.450 e. The summed E-state index contributed by atoms with van der Waals surface area (Å²) in [5.41, 5.74) is 1.87. The largest absolute Gasteiger partial charge is 0.450 e. The van der Waals surface area contributed by atoms with E-state index in [-0.39, 0.29) is 23.5 Å². The molecule has 0 bridgehead atoms. The molecule has 0 atom stereocenters. The molecule has 0 radical (unpaired) electrons. The first kappa shape index (κ1) is 19.5. The number of thioether (sulfide) groups is 1. The van der Waals surface area contributed by atoms with E-state index < -0.39 is 0 Å². The molecule has 4 rings (SSSR count). The van der Waals surface area contributed by atoms with Crippen LogP contribution in [0.5, 0.6) is 0 Å². The Bertz CT molecular complexity index is 1090. The average molecular weight is 426 g/mol. The highest BCUT2D eigenvalue weighted by molar-refractivity contribution is 8.18. The smallest absolute Gasteiger partial charge is 0.293 e. The van der Waals surface area contributed by atoms with Crippen LogP contribution in [0.2, 0.25) is 0 Å². The average Bonchev–Trinajstić information content (AvgIpc) is 3.25.